The van der Waals surface area contributed by atoms with Gasteiger partial charge in [-0.25, -0.2) is 0 Å². The summed E-state index contributed by atoms with van der Waals surface area (Å²) in [5.41, 5.74) is 0. The van der Waals surface area contributed by atoms with Crippen LogP contribution in [0.2, 0.25) is 0 Å². The third-order valence-electron chi connectivity index (χ3n) is 0.138. The van der Waals surface area contributed by atoms with Crippen LogP contribution < -0.4 is 0 Å². The molecule has 0 aromatic carbocycles. The molecule has 592 valence electrons. The summed E-state index contributed by atoms with van der Waals surface area (Å²) in [5, 5.41) is 13.3. The maximum Gasteiger partial charge on any atom is 0.130 e. The van der Waals surface area contributed by atoms with Crippen molar-refractivity contribution in [3.05, 3.63) is 0 Å². The van der Waals surface area contributed by atoms with Gasteiger partial charge in [0, 0.05) is 0 Å². The molecular formula is C30H60Cl58O. The molecule has 0 saturated heterocycles. The first-order valence-electron chi connectivity index (χ1n) is 16.1. The highest BCUT2D eigenvalue weighted by atomic mass is 35.6. The minimum Gasteiger partial charge on any atom is -0.394 e. The smallest absolute Gasteiger partial charge is 0.130 e. The molecule has 1 nitrogen and oxygen atoms in total. The SMILES string of the molecule is ClCCl.ClCCl.ClCCl.ClCCl.ClCCl.ClCCl.ClCCl.ClCCl.ClCCl.ClCCl.ClCCl.ClCCl.ClCCl.ClCCl.ClCCl.ClCCl.ClCCl.ClCCl.ClCCl.ClCCl.ClCCl.ClCCl.ClCCl.ClCCl.ClCCl.ClCCl.ClCCl.ClCCl.OCC(Cl)Cl. The van der Waals surface area contributed by atoms with Crippen molar-refractivity contribution < 1.29 is 5.11 Å². The summed E-state index contributed by atoms with van der Waals surface area (Å²) < 4.78 is 0. The summed E-state index contributed by atoms with van der Waals surface area (Å²) >= 11 is 277. The number of hydrogen-bond donors (Lipinski definition) is 1. The van der Waals surface area contributed by atoms with Crippen molar-refractivity contribution in [2.45, 2.75) is 4.84 Å². The first kappa shape index (κ1) is 197. The lowest BCUT2D eigenvalue weighted by Crippen LogP contribution is -1.90. The Bertz CT molecular complexity index is 273. The number of alkyl halides is 58. The lowest BCUT2D eigenvalue weighted by molar-refractivity contribution is 0.313. The van der Waals surface area contributed by atoms with E-state index < -0.39 is 4.84 Å². The van der Waals surface area contributed by atoms with Gasteiger partial charge in [-0.1, -0.05) is 0 Å². The van der Waals surface area contributed by atoms with Gasteiger partial charge in [-0.2, -0.15) is 0 Å². The fourth-order valence-electron chi connectivity index (χ4n) is 0. The predicted molar refractivity (Wildman–Crippen MR) is 487 cm³/mol. The average molecular weight is 2490 g/mol. The molecule has 0 aromatic rings. The second-order valence-electron chi connectivity index (χ2n) is 3.40. The van der Waals surface area contributed by atoms with Gasteiger partial charge in [0.05, 0.1) is 156 Å². The molecule has 0 aliphatic heterocycles. The first-order chi connectivity index (χ1) is 41.9. The fourth-order valence-corrected chi connectivity index (χ4v) is 0. The zero-order valence-electron chi connectivity index (χ0n) is 43.5. The molecule has 89 heavy (non-hydrogen) atoms. The Morgan fingerprint density at radius 1 is 0.112 bits per heavy atom. The molecule has 0 radical (unpaired) electrons. The molecule has 0 aliphatic rings. The van der Waals surface area contributed by atoms with E-state index in [1.165, 1.54) is 0 Å². The summed E-state index contributed by atoms with van der Waals surface area (Å²) in [6, 6.07) is 0. The van der Waals surface area contributed by atoms with E-state index >= 15 is 0 Å². The fraction of sp³-hybridized carbons (Fsp3) is 1.00. The second-order valence-corrected chi connectivity index (χ2v) is 27.3. The van der Waals surface area contributed by atoms with Crippen molar-refractivity contribution in [1.82, 2.24) is 0 Å². The van der Waals surface area contributed by atoms with Crippen molar-refractivity contribution in [1.29, 1.82) is 0 Å². The van der Waals surface area contributed by atoms with Gasteiger partial charge in [-0.05, 0) is 0 Å². The van der Waals surface area contributed by atoms with Gasteiger partial charge in [0.25, 0.3) is 0 Å². The van der Waals surface area contributed by atoms with Crippen LogP contribution in [0.15, 0.2) is 0 Å². The number of aliphatic hydroxyl groups is 1. The lowest BCUT2D eigenvalue weighted by Gasteiger charge is -1.84. The second kappa shape index (κ2) is 474. The Labute approximate surface area is 824 Å². The van der Waals surface area contributed by atoms with Crippen molar-refractivity contribution >= 4 is 673 Å². The Morgan fingerprint density at radius 3 is 0.124 bits per heavy atom. The van der Waals surface area contributed by atoms with Crippen LogP contribution in [-0.4, -0.2) is 166 Å². The Morgan fingerprint density at radius 2 is 0.124 bits per heavy atom. The van der Waals surface area contributed by atoms with Gasteiger partial charge in [0.15, 0.2) is 0 Å². The third-order valence-corrected chi connectivity index (χ3v) is 0.414. The van der Waals surface area contributed by atoms with Crippen LogP contribution in [0.25, 0.3) is 0 Å². The van der Waals surface area contributed by atoms with Gasteiger partial charge in [-0.15, -0.1) is 673 Å². The molecule has 0 fully saturated rings. The van der Waals surface area contributed by atoms with Crippen LogP contribution in [0.3, 0.4) is 0 Å². The van der Waals surface area contributed by atoms with Gasteiger partial charge in [-0.3, -0.25) is 0 Å². The van der Waals surface area contributed by atoms with E-state index in [1.807, 2.05) is 0 Å². The third kappa shape index (κ3) is 3140. The Balaban J connectivity index is -0.0000000155. The van der Waals surface area contributed by atoms with E-state index in [2.05, 4.69) is 0 Å². The molecule has 0 bridgehead atoms. The van der Waals surface area contributed by atoms with Crippen molar-refractivity contribution in [2.75, 3.05) is 156 Å². The standard InChI is InChI=1S/C2H4Cl2O.28CH2Cl2/c3-2(4)1-5;28*2-1-3/h2,5H,1H2;28*1H2. The highest BCUT2D eigenvalue weighted by molar-refractivity contribution is 6.48. The summed E-state index contributed by atoms with van der Waals surface area (Å²) in [4.78, 5) is -0.616. The maximum atomic E-state index is 7.88. The monoisotopic (exact) mass is 2460 g/mol. The van der Waals surface area contributed by atoms with Crippen LogP contribution in [-0.2, 0) is 0 Å². The lowest BCUT2D eigenvalue weighted by atomic mass is 10.9. The van der Waals surface area contributed by atoms with Crippen LogP contribution in [0, 0.1) is 0 Å². The van der Waals surface area contributed by atoms with Crippen molar-refractivity contribution in [3.8, 4) is 0 Å². The molecule has 0 unspecified atom stereocenters. The summed E-state index contributed by atoms with van der Waals surface area (Å²) in [7, 11) is 0. The molecule has 0 heterocycles. The molecule has 0 rings (SSSR count). The molecule has 0 saturated carbocycles. The maximum absolute atomic E-state index is 7.88. The van der Waals surface area contributed by atoms with Crippen molar-refractivity contribution in [2.24, 2.45) is 0 Å². The zero-order valence-corrected chi connectivity index (χ0v) is 87.3. The average Bonchev–Trinajstić information content (AvgIpc) is 3.41. The number of halogens is 58. The quantitative estimate of drug-likeness (QED) is 0.260. The minimum absolute atomic E-state index is 0.164. The minimum atomic E-state index is -0.616. The van der Waals surface area contributed by atoms with E-state index in [-0.39, 0.29) is 156 Å². The van der Waals surface area contributed by atoms with E-state index in [0.717, 1.165) is 0 Å². The van der Waals surface area contributed by atoms with Crippen molar-refractivity contribution in [3.63, 3.8) is 0 Å². The highest BCUT2D eigenvalue weighted by Gasteiger charge is 1.88. The molecule has 0 amide bonds. The molecular weight excluding hydrogens is 2430 g/mol. The summed E-state index contributed by atoms with van der Waals surface area (Å²) in [6.45, 7) is -0.164. The van der Waals surface area contributed by atoms with Gasteiger partial charge >= 0.3 is 0 Å². The summed E-state index contributed by atoms with van der Waals surface area (Å²) in [6.07, 6.45) is 0. The Hall–Kier alpha value is 16.8. The van der Waals surface area contributed by atoms with Gasteiger partial charge in [0.2, 0.25) is 0 Å². The normalized spacial score (nSPS) is 6.20. The molecule has 59 heteroatoms. The van der Waals surface area contributed by atoms with E-state index in [9.17, 15) is 0 Å². The largest absolute Gasteiger partial charge is 0.394 e. The zero-order chi connectivity index (χ0) is 80.1. The van der Waals surface area contributed by atoms with Gasteiger partial charge < -0.3 is 5.11 Å². The van der Waals surface area contributed by atoms with E-state index in [4.69, 9.17) is 678 Å². The summed E-state index contributed by atoms with van der Waals surface area (Å²) in [5.74, 6) is 0. The van der Waals surface area contributed by atoms with Crippen LogP contribution in [0.4, 0.5) is 0 Å². The number of hydrogen-bond acceptors (Lipinski definition) is 1. The first-order valence-corrected chi connectivity index (χ1v) is 46.9. The molecule has 0 atom stereocenters. The number of rotatable bonds is 1. The van der Waals surface area contributed by atoms with Gasteiger partial charge in [0.1, 0.15) is 4.84 Å². The highest BCUT2D eigenvalue weighted by Crippen LogP contribution is 1.96. The topological polar surface area (TPSA) is 20.2 Å². The predicted octanol–water partition coefficient (Wildman–Crippen LogP) is 40.6. The van der Waals surface area contributed by atoms with Crippen LogP contribution in [0.1, 0.15) is 0 Å². The van der Waals surface area contributed by atoms with E-state index in [1.54, 1.807) is 0 Å². The molecule has 0 aromatic heterocycles. The van der Waals surface area contributed by atoms with Crippen LogP contribution in [0.5, 0.6) is 0 Å². The molecule has 0 aliphatic carbocycles. The van der Waals surface area contributed by atoms with E-state index in [0.29, 0.717) is 0 Å². The van der Waals surface area contributed by atoms with Crippen LogP contribution >= 0.6 is 673 Å². The molecule has 0 spiro atoms. The number of aliphatic hydroxyl groups excluding tert-OH is 1. The Kier molecular flexibility index (Phi) is 1050. The molecule has 1 N–H and O–H groups in total.